The van der Waals surface area contributed by atoms with Crippen molar-refractivity contribution in [1.82, 2.24) is 9.97 Å². The molecule has 0 fully saturated rings. The molecule has 0 saturated heterocycles. The minimum Gasteiger partial charge on any atom is -0.465 e. The second kappa shape index (κ2) is 5.38. The molecular weight excluding hydrogens is 248 g/mol. The molecule has 0 aromatic carbocycles. The van der Waals surface area contributed by atoms with Crippen LogP contribution in [0.5, 0.6) is 0 Å². The third-order valence-electron chi connectivity index (χ3n) is 2.44. The Morgan fingerprint density at radius 1 is 1.58 bits per heavy atom. The standard InChI is InChI=1S/C12H14N4O3/c1-7-16-9(6-19-7)5-15-11-10(13)3-8(4-14-11)12(17)18-2/h3-4,6H,5,13H2,1-2H3,(H,14,15). The highest BCUT2D eigenvalue weighted by Crippen LogP contribution is 2.17. The number of methoxy groups -OCH3 is 1. The van der Waals surface area contributed by atoms with E-state index in [-0.39, 0.29) is 0 Å². The number of carbonyl (C=O) groups is 1. The summed E-state index contributed by atoms with van der Waals surface area (Å²) in [5.74, 6) is 0.602. The van der Waals surface area contributed by atoms with Gasteiger partial charge in [0, 0.05) is 13.1 Å². The molecule has 19 heavy (non-hydrogen) atoms. The van der Waals surface area contributed by atoms with Gasteiger partial charge in [-0.3, -0.25) is 0 Å². The van der Waals surface area contributed by atoms with Crippen LogP contribution < -0.4 is 11.1 Å². The first-order valence-corrected chi connectivity index (χ1v) is 5.59. The van der Waals surface area contributed by atoms with Gasteiger partial charge in [-0.25, -0.2) is 14.8 Å². The van der Waals surface area contributed by atoms with E-state index in [9.17, 15) is 4.79 Å². The van der Waals surface area contributed by atoms with E-state index in [0.29, 0.717) is 29.5 Å². The first-order chi connectivity index (χ1) is 9.10. The summed E-state index contributed by atoms with van der Waals surface area (Å²) in [6.07, 6.45) is 2.96. The predicted molar refractivity (Wildman–Crippen MR) is 68.6 cm³/mol. The average molecular weight is 262 g/mol. The zero-order chi connectivity index (χ0) is 13.8. The normalized spacial score (nSPS) is 10.2. The number of pyridine rings is 1. The fraction of sp³-hybridized carbons (Fsp3) is 0.250. The van der Waals surface area contributed by atoms with Crippen molar-refractivity contribution in [2.45, 2.75) is 13.5 Å². The number of aryl methyl sites for hydroxylation is 1. The number of esters is 1. The Labute approximate surface area is 109 Å². The molecule has 0 aliphatic carbocycles. The zero-order valence-corrected chi connectivity index (χ0v) is 10.6. The summed E-state index contributed by atoms with van der Waals surface area (Å²) in [4.78, 5) is 19.5. The summed E-state index contributed by atoms with van der Waals surface area (Å²) in [7, 11) is 1.30. The van der Waals surface area contributed by atoms with Crippen molar-refractivity contribution in [2.24, 2.45) is 0 Å². The van der Waals surface area contributed by atoms with Crippen LogP contribution in [-0.2, 0) is 11.3 Å². The number of ether oxygens (including phenoxy) is 1. The first-order valence-electron chi connectivity index (χ1n) is 5.59. The second-order valence-corrected chi connectivity index (χ2v) is 3.86. The Hall–Kier alpha value is -2.57. The lowest BCUT2D eigenvalue weighted by Gasteiger charge is -2.07. The molecule has 100 valence electrons. The number of nitrogens with two attached hydrogens (primary N) is 1. The number of hydrogen-bond donors (Lipinski definition) is 2. The Balaban J connectivity index is 2.07. The quantitative estimate of drug-likeness (QED) is 0.801. The van der Waals surface area contributed by atoms with E-state index in [4.69, 9.17) is 10.2 Å². The maximum atomic E-state index is 11.3. The number of anilines is 2. The smallest absolute Gasteiger partial charge is 0.339 e. The highest BCUT2D eigenvalue weighted by Gasteiger charge is 2.09. The minimum absolute atomic E-state index is 0.308. The van der Waals surface area contributed by atoms with Crippen LogP contribution in [0.15, 0.2) is 22.9 Å². The van der Waals surface area contributed by atoms with Crippen LogP contribution in [0.4, 0.5) is 11.5 Å². The minimum atomic E-state index is -0.474. The largest absolute Gasteiger partial charge is 0.465 e. The van der Waals surface area contributed by atoms with Crippen molar-refractivity contribution in [2.75, 3.05) is 18.2 Å². The molecule has 0 unspecified atom stereocenters. The van der Waals surface area contributed by atoms with Crippen molar-refractivity contribution in [1.29, 1.82) is 0 Å². The highest BCUT2D eigenvalue weighted by atomic mass is 16.5. The van der Waals surface area contributed by atoms with Crippen molar-refractivity contribution < 1.29 is 13.9 Å². The molecule has 0 atom stereocenters. The van der Waals surface area contributed by atoms with E-state index in [2.05, 4.69) is 20.0 Å². The Morgan fingerprint density at radius 3 is 2.95 bits per heavy atom. The topological polar surface area (TPSA) is 103 Å². The lowest BCUT2D eigenvalue weighted by Crippen LogP contribution is -2.08. The molecule has 2 aromatic rings. The van der Waals surface area contributed by atoms with Crippen LogP contribution in [0, 0.1) is 6.92 Å². The molecular formula is C12H14N4O3. The van der Waals surface area contributed by atoms with Gasteiger partial charge < -0.3 is 20.2 Å². The molecule has 0 saturated carbocycles. The van der Waals surface area contributed by atoms with Gasteiger partial charge in [0.1, 0.15) is 12.1 Å². The maximum absolute atomic E-state index is 11.3. The van der Waals surface area contributed by atoms with Crippen LogP contribution >= 0.6 is 0 Å². The van der Waals surface area contributed by atoms with Crippen molar-refractivity contribution in [3.05, 3.63) is 35.7 Å². The Morgan fingerprint density at radius 2 is 2.37 bits per heavy atom. The molecule has 7 heteroatoms. The molecule has 0 radical (unpaired) electrons. The zero-order valence-electron chi connectivity index (χ0n) is 10.6. The summed E-state index contributed by atoms with van der Waals surface area (Å²) in [6.45, 7) is 2.20. The molecule has 0 spiro atoms. The van der Waals surface area contributed by atoms with Gasteiger partial charge in [-0.15, -0.1) is 0 Å². The molecule has 0 bridgehead atoms. The molecule has 7 nitrogen and oxygen atoms in total. The van der Waals surface area contributed by atoms with Gasteiger partial charge in [-0.05, 0) is 6.07 Å². The number of oxazole rings is 1. The van der Waals surface area contributed by atoms with E-state index in [1.807, 2.05) is 0 Å². The molecule has 0 aliphatic heterocycles. The van der Waals surface area contributed by atoms with Crippen LogP contribution in [0.2, 0.25) is 0 Å². The van der Waals surface area contributed by atoms with E-state index >= 15 is 0 Å². The van der Waals surface area contributed by atoms with Crippen LogP contribution in [0.1, 0.15) is 21.9 Å². The molecule has 0 amide bonds. The fourth-order valence-corrected chi connectivity index (χ4v) is 1.52. The van der Waals surface area contributed by atoms with Crippen molar-refractivity contribution in [3.63, 3.8) is 0 Å². The van der Waals surface area contributed by atoms with Gasteiger partial charge >= 0.3 is 5.97 Å². The number of hydrogen-bond acceptors (Lipinski definition) is 7. The number of nitrogens with zero attached hydrogens (tertiary/aromatic N) is 2. The number of nitrogen functional groups attached to an aromatic ring is 1. The predicted octanol–water partition coefficient (Wildman–Crippen LogP) is 1.36. The molecule has 0 aliphatic rings. The van der Waals surface area contributed by atoms with Gasteiger partial charge in [-0.1, -0.05) is 0 Å². The maximum Gasteiger partial charge on any atom is 0.339 e. The number of nitrogens with one attached hydrogen (secondary N) is 1. The van der Waals surface area contributed by atoms with Gasteiger partial charge in [0.15, 0.2) is 5.89 Å². The summed E-state index contributed by atoms with van der Waals surface area (Å²) < 4.78 is 9.67. The highest BCUT2D eigenvalue weighted by molar-refractivity contribution is 5.90. The molecule has 2 rings (SSSR count). The second-order valence-electron chi connectivity index (χ2n) is 3.86. The summed E-state index contributed by atoms with van der Waals surface area (Å²) in [5, 5.41) is 3.02. The molecule has 2 aromatic heterocycles. The molecule has 3 N–H and O–H groups in total. The first kappa shape index (κ1) is 12.9. The summed E-state index contributed by atoms with van der Waals surface area (Å²) in [5.41, 5.74) is 7.22. The van der Waals surface area contributed by atoms with E-state index in [1.54, 1.807) is 13.2 Å². The van der Waals surface area contributed by atoms with Crippen LogP contribution in [-0.4, -0.2) is 23.0 Å². The lowest BCUT2D eigenvalue weighted by molar-refractivity contribution is 0.0600. The van der Waals surface area contributed by atoms with Crippen LogP contribution in [0.25, 0.3) is 0 Å². The van der Waals surface area contributed by atoms with Gasteiger partial charge in [0.25, 0.3) is 0 Å². The number of aromatic nitrogens is 2. The number of carbonyl (C=O) groups excluding carboxylic acids is 1. The average Bonchev–Trinajstić information content (AvgIpc) is 2.82. The van der Waals surface area contributed by atoms with Gasteiger partial charge in [0.05, 0.1) is 30.6 Å². The summed E-state index contributed by atoms with van der Waals surface area (Å²) in [6, 6.07) is 1.51. The Bertz CT molecular complexity index is 594. The Kier molecular flexibility index (Phi) is 3.65. The SMILES string of the molecule is COC(=O)c1cnc(NCc2coc(C)n2)c(N)c1. The van der Waals surface area contributed by atoms with Gasteiger partial charge in [-0.2, -0.15) is 0 Å². The van der Waals surface area contributed by atoms with E-state index < -0.39 is 5.97 Å². The van der Waals surface area contributed by atoms with Gasteiger partial charge in [0.2, 0.25) is 0 Å². The van der Waals surface area contributed by atoms with E-state index in [1.165, 1.54) is 19.4 Å². The number of rotatable bonds is 4. The van der Waals surface area contributed by atoms with Crippen molar-refractivity contribution >= 4 is 17.5 Å². The third-order valence-corrected chi connectivity index (χ3v) is 2.44. The van der Waals surface area contributed by atoms with Crippen molar-refractivity contribution in [3.8, 4) is 0 Å². The summed E-state index contributed by atoms with van der Waals surface area (Å²) >= 11 is 0. The lowest BCUT2D eigenvalue weighted by atomic mass is 10.2. The van der Waals surface area contributed by atoms with Crippen LogP contribution in [0.3, 0.4) is 0 Å². The van der Waals surface area contributed by atoms with E-state index in [0.717, 1.165) is 5.69 Å². The fourth-order valence-electron chi connectivity index (χ4n) is 1.52. The monoisotopic (exact) mass is 262 g/mol. The third kappa shape index (κ3) is 3.01. The molecule has 2 heterocycles.